The second kappa shape index (κ2) is 6.69. The summed E-state index contributed by atoms with van der Waals surface area (Å²) >= 11 is 1.50. The smallest absolute Gasteiger partial charge is 0.141 e. The van der Waals surface area contributed by atoms with Crippen LogP contribution in [0.3, 0.4) is 0 Å². The minimum atomic E-state index is 0.486. The predicted molar refractivity (Wildman–Crippen MR) is 99.1 cm³/mol. The molecule has 3 aromatic rings. The fraction of sp³-hybridized carbons (Fsp3) is 0.263. The van der Waals surface area contributed by atoms with Crippen molar-refractivity contribution in [1.29, 1.82) is 5.26 Å². The molecular formula is C19H17N5S. The first kappa shape index (κ1) is 15.9. The van der Waals surface area contributed by atoms with Crippen molar-refractivity contribution >= 4 is 28.5 Å². The van der Waals surface area contributed by atoms with Gasteiger partial charge in [-0.1, -0.05) is 23.9 Å². The van der Waals surface area contributed by atoms with Gasteiger partial charge in [-0.25, -0.2) is 15.0 Å². The van der Waals surface area contributed by atoms with Gasteiger partial charge in [0, 0.05) is 11.1 Å². The van der Waals surface area contributed by atoms with Gasteiger partial charge < -0.3 is 5.73 Å². The number of para-hydroxylation sites is 1. The van der Waals surface area contributed by atoms with E-state index in [9.17, 15) is 5.26 Å². The van der Waals surface area contributed by atoms with Crippen LogP contribution in [0.4, 0.5) is 5.82 Å². The number of hydrogen-bond donors (Lipinski definition) is 1. The average Bonchev–Trinajstić information content (AvgIpc) is 2.65. The third kappa shape index (κ3) is 3.15. The van der Waals surface area contributed by atoms with Crippen molar-refractivity contribution in [2.24, 2.45) is 0 Å². The highest BCUT2D eigenvalue weighted by Crippen LogP contribution is 2.29. The maximum Gasteiger partial charge on any atom is 0.141 e. The van der Waals surface area contributed by atoms with E-state index < -0.39 is 0 Å². The van der Waals surface area contributed by atoms with Gasteiger partial charge in [0.05, 0.1) is 16.8 Å². The Hall–Kier alpha value is -2.65. The summed E-state index contributed by atoms with van der Waals surface area (Å²) in [5.41, 5.74) is 9.87. The maximum absolute atomic E-state index is 9.45. The van der Waals surface area contributed by atoms with Crippen molar-refractivity contribution in [2.45, 2.75) is 36.5 Å². The number of nitrogen functional groups attached to an aromatic ring is 1. The zero-order chi connectivity index (χ0) is 17.2. The molecule has 124 valence electrons. The third-order valence-corrected chi connectivity index (χ3v) is 5.39. The SMILES string of the molecule is N#Cc1cc2c(nc1SCc1nc(N)c3ccccc3n1)CCCC2. The van der Waals surface area contributed by atoms with E-state index in [0.717, 1.165) is 34.5 Å². The van der Waals surface area contributed by atoms with Gasteiger partial charge in [0.1, 0.15) is 22.7 Å². The van der Waals surface area contributed by atoms with Crippen molar-refractivity contribution in [1.82, 2.24) is 15.0 Å². The number of rotatable bonds is 3. The number of hydrogen-bond acceptors (Lipinski definition) is 6. The van der Waals surface area contributed by atoms with E-state index in [2.05, 4.69) is 16.0 Å². The molecule has 5 nitrogen and oxygen atoms in total. The second-order valence-electron chi connectivity index (χ2n) is 6.10. The molecule has 25 heavy (non-hydrogen) atoms. The van der Waals surface area contributed by atoms with E-state index in [1.807, 2.05) is 30.3 Å². The van der Waals surface area contributed by atoms with E-state index in [1.54, 1.807) is 0 Å². The summed E-state index contributed by atoms with van der Waals surface area (Å²) in [6, 6.07) is 12.0. The van der Waals surface area contributed by atoms with Crippen LogP contribution in [-0.2, 0) is 18.6 Å². The predicted octanol–water partition coefficient (Wildman–Crippen LogP) is 3.65. The first-order valence-electron chi connectivity index (χ1n) is 8.31. The molecule has 4 rings (SSSR count). The van der Waals surface area contributed by atoms with Crippen LogP contribution in [0.15, 0.2) is 35.4 Å². The molecule has 2 N–H and O–H groups in total. The number of pyridine rings is 1. The molecule has 0 fully saturated rings. The first-order chi connectivity index (χ1) is 12.2. The van der Waals surface area contributed by atoms with Gasteiger partial charge in [-0.05, 0) is 49.4 Å². The number of thioether (sulfide) groups is 1. The van der Waals surface area contributed by atoms with Crippen LogP contribution in [0.2, 0.25) is 0 Å². The van der Waals surface area contributed by atoms with Gasteiger partial charge in [-0.15, -0.1) is 0 Å². The van der Waals surface area contributed by atoms with Crippen LogP contribution in [0, 0.1) is 11.3 Å². The van der Waals surface area contributed by atoms with Gasteiger partial charge in [0.25, 0.3) is 0 Å². The normalized spacial score (nSPS) is 13.4. The lowest BCUT2D eigenvalue weighted by Gasteiger charge is -2.16. The zero-order valence-corrected chi connectivity index (χ0v) is 14.5. The molecule has 0 saturated carbocycles. The van der Waals surface area contributed by atoms with Gasteiger partial charge in [0.2, 0.25) is 0 Å². The Labute approximate surface area is 150 Å². The topological polar surface area (TPSA) is 88.5 Å². The summed E-state index contributed by atoms with van der Waals surface area (Å²) in [6.07, 6.45) is 4.36. The van der Waals surface area contributed by atoms with E-state index in [-0.39, 0.29) is 0 Å². The number of fused-ring (bicyclic) bond motifs is 2. The van der Waals surface area contributed by atoms with Crippen LogP contribution in [0.25, 0.3) is 10.9 Å². The Morgan fingerprint density at radius 2 is 1.96 bits per heavy atom. The summed E-state index contributed by atoms with van der Waals surface area (Å²) in [4.78, 5) is 13.7. The van der Waals surface area contributed by atoms with Crippen molar-refractivity contribution in [2.75, 3.05) is 5.73 Å². The molecule has 0 amide bonds. The third-order valence-electron chi connectivity index (χ3n) is 4.40. The summed E-state index contributed by atoms with van der Waals surface area (Å²) in [6.45, 7) is 0. The highest BCUT2D eigenvalue weighted by Gasteiger charge is 2.16. The molecule has 0 bridgehead atoms. The fourth-order valence-electron chi connectivity index (χ4n) is 3.15. The molecule has 2 aromatic heterocycles. The van der Waals surface area contributed by atoms with Crippen molar-refractivity contribution < 1.29 is 0 Å². The Morgan fingerprint density at radius 1 is 1.12 bits per heavy atom. The molecule has 1 aromatic carbocycles. The highest BCUT2D eigenvalue weighted by molar-refractivity contribution is 7.98. The minimum absolute atomic E-state index is 0.486. The van der Waals surface area contributed by atoms with E-state index >= 15 is 0 Å². The molecule has 0 radical (unpaired) electrons. The lowest BCUT2D eigenvalue weighted by atomic mass is 9.95. The number of aromatic nitrogens is 3. The van der Waals surface area contributed by atoms with Crippen LogP contribution < -0.4 is 5.73 Å². The maximum atomic E-state index is 9.45. The first-order valence-corrected chi connectivity index (χ1v) is 9.30. The Balaban J connectivity index is 1.62. The van der Waals surface area contributed by atoms with Gasteiger partial charge >= 0.3 is 0 Å². The number of nitrogens with two attached hydrogens (primary N) is 1. The quantitative estimate of drug-likeness (QED) is 0.728. The molecule has 6 heteroatoms. The van der Waals surface area contributed by atoms with Crippen molar-refractivity contribution in [3.8, 4) is 6.07 Å². The molecule has 0 spiro atoms. The van der Waals surface area contributed by atoms with E-state index in [0.29, 0.717) is 23.0 Å². The van der Waals surface area contributed by atoms with Gasteiger partial charge in [-0.3, -0.25) is 0 Å². The zero-order valence-electron chi connectivity index (χ0n) is 13.7. The summed E-state index contributed by atoms with van der Waals surface area (Å²) < 4.78 is 0. The Bertz CT molecular complexity index is 993. The number of nitriles is 1. The van der Waals surface area contributed by atoms with Gasteiger partial charge in [0.15, 0.2) is 0 Å². The fourth-order valence-corrected chi connectivity index (χ4v) is 3.98. The number of anilines is 1. The standard InChI is InChI=1S/C19H17N5S/c20-10-13-9-12-5-1-3-7-15(12)23-19(13)25-11-17-22-16-8-4-2-6-14(16)18(21)24-17/h2,4,6,8-9H,1,3,5,7,11H2,(H2,21,22,24). The lowest BCUT2D eigenvalue weighted by molar-refractivity contribution is 0.660. The molecule has 2 heterocycles. The van der Waals surface area contributed by atoms with Crippen LogP contribution in [0.1, 0.15) is 35.5 Å². The second-order valence-corrected chi connectivity index (χ2v) is 7.06. The lowest BCUT2D eigenvalue weighted by Crippen LogP contribution is -2.07. The average molecular weight is 347 g/mol. The molecular weight excluding hydrogens is 330 g/mol. The summed E-state index contributed by atoms with van der Waals surface area (Å²) in [7, 11) is 0. The van der Waals surface area contributed by atoms with Crippen LogP contribution in [-0.4, -0.2) is 15.0 Å². The van der Waals surface area contributed by atoms with Crippen LogP contribution >= 0.6 is 11.8 Å². The highest BCUT2D eigenvalue weighted by atomic mass is 32.2. The Morgan fingerprint density at radius 3 is 2.84 bits per heavy atom. The van der Waals surface area contributed by atoms with E-state index in [1.165, 1.54) is 30.2 Å². The molecule has 0 aliphatic heterocycles. The number of aryl methyl sites for hydroxylation is 2. The number of benzene rings is 1. The van der Waals surface area contributed by atoms with Crippen LogP contribution in [0.5, 0.6) is 0 Å². The summed E-state index contributed by atoms with van der Waals surface area (Å²) in [5, 5.41) is 11.1. The van der Waals surface area contributed by atoms with E-state index in [4.69, 9.17) is 10.7 Å². The molecule has 1 aliphatic rings. The largest absolute Gasteiger partial charge is 0.383 e. The molecule has 0 unspecified atom stereocenters. The van der Waals surface area contributed by atoms with Gasteiger partial charge in [-0.2, -0.15) is 5.26 Å². The molecule has 0 atom stereocenters. The number of nitrogens with zero attached hydrogens (tertiary/aromatic N) is 4. The molecule has 1 aliphatic carbocycles. The monoisotopic (exact) mass is 347 g/mol. The van der Waals surface area contributed by atoms with Crippen molar-refractivity contribution in [3.63, 3.8) is 0 Å². The van der Waals surface area contributed by atoms with Crippen molar-refractivity contribution in [3.05, 3.63) is 53.0 Å². The minimum Gasteiger partial charge on any atom is -0.383 e. The Kier molecular flexibility index (Phi) is 4.24. The summed E-state index contributed by atoms with van der Waals surface area (Å²) in [5.74, 6) is 1.68. The molecule has 0 saturated heterocycles.